The van der Waals surface area contributed by atoms with Crippen LogP contribution in [0.2, 0.25) is 5.02 Å². The summed E-state index contributed by atoms with van der Waals surface area (Å²) in [5.74, 6) is 0.472. The molecule has 0 fully saturated rings. The van der Waals surface area contributed by atoms with Crippen LogP contribution in [0.5, 0.6) is 5.75 Å². The van der Waals surface area contributed by atoms with E-state index in [2.05, 4.69) is 0 Å². The Hall–Kier alpha value is -1.46. The van der Waals surface area contributed by atoms with Crippen LogP contribution in [0.25, 0.3) is 0 Å². The highest BCUT2D eigenvalue weighted by Crippen LogP contribution is 2.38. The van der Waals surface area contributed by atoms with Crippen molar-refractivity contribution in [2.75, 3.05) is 7.11 Å². The largest absolute Gasteiger partial charge is 0.496 e. The van der Waals surface area contributed by atoms with Crippen molar-refractivity contribution >= 4 is 30.2 Å². The summed E-state index contributed by atoms with van der Waals surface area (Å²) in [5, 5.41) is 0.438. The Morgan fingerprint density at radius 1 is 1.17 bits per heavy atom. The van der Waals surface area contributed by atoms with Gasteiger partial charge in [-0.25, -0.2) is 8.42 Å². The molecule has 0 aliphatic carbocycles. The van der Waals surface area contributed by atoms with E-state index >= 15 is 0 Å². The summed E-state index contributed by atoms with van der Waals surface area (Å²) in [6, 6.07) is 10.5. The summed E-state index contributed by atoms with van der Waals surface area (Å²) in [5.41, 5.74) is 1.47. The Morgan fingerprint density at radius 3 is 2.33 bits per heavy atom. The molecule has 8 heteroatoms. The Bertz CT molecular complexity index is 840. The van der Waals surface area contributed by atoms with Crippen LogP contribution in [0.3, 0.4) is 0 Å². The first-order valence-corrected chi connectivity index (χ1v) is 9.67. The van der Waals surface area contributed by atoms with Gasteiger partial charge in [-0.3, -0.25) is 4.57 Å². The van der Waals surface area contributed by atoms with Gasteiger partial charge in [-0.2, -0.15) is 0 Å². The van der Waals surface area contributed by atoms with Crippen molar-refractivity contribution in [1.82, 2.24) is 4.08 Å². The Morgan fingerprint density at radius 2 is 1.79 bits per heavy atom. The molecule has 0 N–H and O–H groups in total. The van der Waals surface area contributed by atoms with Crippen molar-refractivity contribution in [2.24, 2.45) is 0 Å². The fourth-order valence-corrected chi connectivity index (χ4v) is 4.60. The normalized spacial score (nSPS) is 13.2. The van der Waals surface area contributed by atoms with Gasteiger partial charge in [-0.15, -0.1) is 4.08 Å². The van der Waals surface area contributed by atoms with Crippen molar-refractivity contribution in [3.63, 3.8) is 0 Å². The fraction of sp³-hybridized carbons (Fsp3) is 0.250. The van der Waals surface area contributed by atoms with Crippen molar-refractivity contribution in [3.05, 3.63) is 58.6 Å². The molecule has 0 heterocycles. The summed E-state index contributed by atoms with van der Waals surface area (Å²) in [6.07, 6.45) is 0. The fourth-order valence-electron chi connectivity index (χ4n) is 2.29. The maximum atomic E-state index is 12.8. The van der Waals surface area contributed by atoms with Crippen molar-refractivity contribution in [2.45, 2.75) is 24.8 Å². The van der Waals surface area contributed by atoms with Crippen LogP contribution in [0.4, 0.5) is 0 Å². The molecule has 0 radical (unpaired) electrons. The van der Waals surface area contributed by atoms with E-state index in [0.717, 1.165) is 9.64 Å². The van der Waals surface area contributed by atoms with Crippen molar-refractivity contribution in [3.8, 4) is 5.75 Å². The molecule has 0 bridgehead atoms. The number of ether oxygens (including phenoxy) is 1. The summed E-state index contributed by atoms with van der Waals surface area (Å²) >= 11 is 6.01. The van der Waals surface area contributed by atoms with Crippen LogP contribution in [-0.2, 0) is 14.6 Å². The first-order chi connectivity index (χ1) is 11.3. The van der Waals surface area contributed by atoms with Gasteiger partial charge in [-0.1, -0.05) is 29.3 Å². The second-order valence-corrected chi connectivity index (χ2v) is 8.35. The maximum Gasteiger partial charge on any atom is 0.264 e. The minimum absolute atomic E-state index is 0.0734. The minimum Gasteiger partial charge on any atom is -0.496 e. The van der Waals surface area contributed by atoms with Gasteiger partial charge in [0.2, 0.25) is 0 Å². The SMILES string of the molecule is COc1ccc(Cl)cc1[C@@H](C)N(P=O)S(=O)(=O)c1ccc(C)cc1. The third-order valence-corrected chi connectivity index (χ3v) is 6.88. The van der Waals surface area contributed by atoms with Gasteiger partial charge in [0.05, 0.1) is 18.0 Å². The Labute approximate surface area is 148 Å². The minimum atomic E-state index is -3.94. The molecule has 2 aromatic rings. The number of rotatable bonds is 6. The average Bonchev–Trinajstić information content (AvgIpc) is 2.55. The van der Waals surface area contributed by atoms with Crippen LogP contribution >= 0.6 is 20.2 Å². The molecule has 2 rings (SSSR count). The van der Waals surface area contributed by atoms with Crippen molar-refractivity contribution < 1.29 is 17.7 Å². The number of hydrogen-bond acceptors (Lipinski definition) is 4. The molecule has 0 aliphatic heterocycles. The highest BCUT2D eigenvalue weighted by Gasteiger charge is 2.32. The van der Waals surface area contributed by atoms with Gasteiger partial charge in [0.1, 0.15) is 5.75 Å². The third-order valence-electron chi connectivity index (χ3n) is 3.62. The highest BCUT2D eigenvalue weighted by molar-refractivity contribution is 7.92. The van der Waals surface area contributed by atoms with E-state index < -0.39 is 24.7 Å². The monoisotopic (exact) mass is 385 g/mol. The van der Waals surface area contributed by atoms with E-state index in [1.54, 1.807) is 37.3 Å². The molecule has 2 aromatic carbocycles. The number of hydrogen-bond donors (Lipinski definition) is 0. The molecule has 0 saturated carbocycles. The van der Waals surface area contributed by atoms with E-state index in [4.69, 9.17) is 16.3 Å². The van der Waals surface area contributed by atoms with E-state index in [9.17, 15) is 13.0 Å². The number of halogens is 1. The predicted octanol–water partition coefficient (Wildman–Crippen LogP) is 4.62. The van der Waals surface area contributed by atoms with Crippen LogP contribution in [0.1, 0.15) is 24.1 Å². The Kier molecular flexibility index (Phi) is 5.99. The summed E-state index contributed by atoms with van der Waals surface area (Å²) in [4.78, 5) is 0.0734. The molecule has 0 unspecified atom stereocenters. The Balaban J connectivity index is 2.49. The van der Waals surface area contributed by atoms with Crippen LogP contribution in [-0.4, -0.2) is 19.6 Å². The van der Waals surface area contributed by atoms with Gasteiger partial charge >= 0.3 is 0 Å². The van der Waals surface area contributed by atoms with Crippen molar-refractivity contribution in [1.29, 1.82) is 0 Å². The van der Waals surface area contributed by atoms with E-state index in [1.807, 2.05) is 6.92 Å². The second-order valence-electron chi connectivity index (χ2n) is 5.23. The molecule has 128 valence electrons. The number of nitrogens with zero attached hydrogens (tertiary/aromatic N) is 1. The number of sulfonamides is 1. The zero-order valence-corrected chi connectivity index (χ0v) is 15.9. The molecular weight excluding hydrogens is 369 g/mol. The predicted molar refractivity (Wildman–Crippen MR) is 94.2 cm³/mol. The van der Waals surface area contributed by atoms with Gasteiger partial charge < -0.3 is 4.74 Å². The lowest BCUT2D eigenvalue weighted by Gasteiger charge is -2.23. The number of methoxy groups -OCH3 is 1. The highest BCUT2D eigenvalue weighted by atomic mass is 35.5. The molecule has 0 saturated heterocycles. The van der Waals surface area contributed by atoms with Gasteiger partial charge in [-0.05, 0) is 44.2 Å². The first kappa shape index (κ1) is 18.9. The number of benzene rings is 2. The smallest absolute Gasteiger partial charge is 0.264 e. The van der Waals surface area contributed by atoms with Crippen LogP contribution in [0, 0.1) is 6.92 Å². The molecule has 0 aliphatic rings. The summed E-state index contributed by atoms with van der Waals surface area (Å²) in [6.45, 7) is 3.49. The molecule has 0 aromatic heterocycles. The lowest BCUT2D eigenvalue weighted by Crippen LogP contribution is -2.25. The zero-order chi connectivity index (χ0) is 17.9. The molecule has 1 atom stereocenters. The lowest BCUT2D eigenvalue weighted by atomic mass is 10.1. The van der Waals surface area contributed by atoms with E-state index in [0.29, 0.717) is 16.3 Å². The van der Waals surface area contributed by atoms with E-state index in [-0.39, 0.29) is 4.90 Å². The molecule has 0 spiro atoms. The van der Waals surface area contributed by atoms with Gasteiger partial charge in [0, 0.05) is 10.6 Å². The van der Waals surface area contributed by atoms with E-state index in [1.165, 1.54) is 19.2 Å². The summed E-state index contributed by atoms with van der Waals surface area (Å²) < 4.78 is 43.4. The average molecular weight is 386 g/mol. The van der Waals surface area contributed by atoms with Crippen LogP contribution in [0.15, 0.2) is 47.4 Å². The standard InChI is InChI=1S/C16H17ClNO4PS/c1-11-4-7-14(8-5-11)24(20,21)18(23-19)12(2)15-10-13(17)6-9-16(15)22-3/h4-10,12H,1-3H3/t12-/m1/s1. The van der Waals surface area contributed by atoms with Gasteiger partial charge in [0.25, 0.3) is 18.6 Å². The van der Waals surface area contributed by atoms with Crippen LogP contribution < -0.4 is 4.74 Å². The quantitative estimate of drug-likeness (QED) is 0.681. The molecule has 5 nitrogen and oxygen atoms in total. The second kappa shape index (κ2) is 7.62. The molecular formula is C16H17ClNO4PS. The molecule has 24 heavy (non-hydrogen) atoms. The maximum absolute atomic E-state index is 12.8. The third kappa shape index (κ3) is 3.78. The molecule has 0 amide bonds. The lowest BCUT2D eigenvalue weighted by molar-refractivity contribution is 0.394. The summed E-state index contributed by atoms with van der Waals surface area (Å²) in [7, 11) is -3.10. The number of aryl methyl sites for hydroxylation is 1. The first-order valence-electron chi connectivity index (χ1n) is 7.09. The van der Waals surface area contributed by atoms with Gasteiger partial charge in [0.15, 0.2) is 0 Å². The zero-order valence-electron chi connectivity index (χ0n) is 13.4. The topological polar surface area (TPSA) is 63.7 Å².